The van der Waals surface area contributed by atoms with Crippen LogP contribution in [0.5, 0.6) is 5.88 Å². The molecule has 0 saturated carbocycles. The van der Waals surface area contributed by atoms with E-state index in [-0.39, 0.29) is 41.3 Å². The Labute approximate surface area is 163 Å². The fraction of sp³-hybridized carbons (Fsp3) is 0.381. The maximum absolute atomic E-state index is 12.8. The minimum Gasteiger partial charge on any atom is -0.494 e. The van der Waals surface area contributed by atoms with Gasteiger partial charge in [0.25, 0.3) is 5.56 Å². The summed E-state index contributed by atoms with van der Waals surface area (Å²) in [5.41, 5.74) is 0.359. The lowest BCUT2D eigenvalue weighted by atomic mass is 9.97. The molecule has 0 amide bonds. The number of benzene rings is 1. The zero-order chi connectivity index (χ0) is 20.0. The number of hydrogen-bond donors (Lipinski definition) is 1. The first-order valence-corrected chi connectivity index (χ1v) is 9.42. The van der Waals surface area contributed by atoms with Crippen molar-refractivity contribution < 1.29 is 9.90 Å². The number of ketones is 1. The van der Waals surface area contributed by atoms with Crippen molar-refractivity contribution in [3.8, 4) is 11.9 Å². The van der Waals surface area contributed by atoms with Crippen LogP contribution in [-0.2, 0) is 13.0 Å². The summed E-state index contributed by atoms with van der Waals surface area (Å²) in [4.78, 5) is 25.4. The number of rotatable bonds is 8. The Morgan fingerprint density at radius 3 is 2.48 bits per heavy atom. The molecule has 0 spiro atoms. The van der Waals surface area contributed by atoms with Gasteiger partial charge in [0.15, 0.2) is 5.78 Å². The third-order valence-electron chi connectivity index (χ3n) is 4.59. The molecule has 0 radical (unpaired) electrons. The summed E-state index contributed by atoms with van der Waals surface area (Å²) < 4.78 is 1.15. The molecule has 0 saturated heterocycles. The second kappa shape index (κ2) is 9.38. The van der Waals surface area contributed by atoms with Crippen molar-refractivity contribution in [1.29, 1.82) is 5.26 Å². The first-order chi connectivity index (χ1) is 12.9. The van der Waals surface area contributed by atoms with Crippen LogP contribution in [0.15, 0.2) is 29.1 Å². The van der Waals surface area contributed by atoms with E-state index in [0.717, 1.165) is 29.4 Å². The maximum atomic E-state index is 12.8. The molecule has 0 unspecified atom stereocenters. The Morgan fingerprint density at radius 1 is 1.22 bits per heavy atom. The number of aromatic hydroxyl groups is 1. The molecule has 1 aromatic heterocycles. The summed E-state index contributed by atoms with van der Waals surface area (Å²) in [6.07, 6.45) is 3.72. The second-order valence-corrected chi connectivity index (χ2v) is 6.99. The molecule has 2 rings (SSSR count). The Morgan fingerprint density at radius 2 is 1.89 bits per heavy atom. The van der Waals surface area contributed by atoms with E-state index in [0.29, 0.717) is 11.4 Å². The highest BCUT2D eigenvalue weighted by molar-refractivity contribution is 6.30. The Bertz CT molecular complexity index is 924. The average molecular weight is 387 g/mol. The van der Waals surface area contributed by atoms with Crippen LogP contribution in [0.1, 0.15) is 59.7 Å². The lowest BCUT2D eigenvalue weighted by Gasteiger charge is -2.15. The Balaban J connectivity index is 2.42. The van der Waals surface area contributed by atoms with Crippen LogP contribution in [-0.4, -0.2) is 15.5 Å². The number of carbonyl (C=O) groups is 1. The van der Waals surface area contributed by atoms with Crippen LogP contribution < -0.4 is 5.56 Å². The van der Waals surface area contributed by atoms with Gasteiger partial charge in [0, 0.05) is 18.0 Å². The largest absolute Gasteiger partial charge is 0.494 e. The Kier molecular flexibility index (Phi) is 7.20. The van der Waals surface area contributed by atoms with Crippen LogP contribution in [0.2, 0.25) is 5.02 Å². The highest BCUT2D eigenvalue weighted by Gasteiger charge is 2.23. The molecule has 2 aromatic rings. The van der Waals surface area contributed by atoms with Gasteiger partial charge in [-0.2, -0.15) is 5.26 Å². The normalized spacial score (nSPS) is 10.6. The number of aromatic nitrogens is 1. The van der Waals surface area contributed by atoms with Gasteiger partial charge in [-0.15, -0.1) is 0 Å². The van der Waals surface area contributed by atoms with Crippen molar-refractivity contribution in [2.75, 3.05) is 0 Å². The van der Waals surface area contributed by atoms with Gasteiger partial charge in [-0.25, -0.2) is 0 Å². The van der Waals surface area contributed by atoms with Crippen molar-refractivity contribution in [3.63, 3.8) is 0 Å². The maximum Gasteiger partial charge on any atom is 0.271 e. The van der Waals surface area contributed by atoms with Crippen LogP contribution in [0.4, 0.5) is 0 Å². The van der Waals surface area contributed by atoms with Gasteiger partial charge in [0.1, 0.15) is 11.6 Å². The van der Waals surface area contributed by atoms with E-state index in [4.69, 9.17) is 11.6 Å². The van der Waals surface area contributed by atoms with Crippen molar-refractivity contribution in [2.24, 2.45) is 0 Å². The van der Waals surface area contributed by atoms with Crippen molar-refractivity contribution >= 4 is 17.4 Å². The minimum absolute atomic E-state index is 0.0385. The van der Waals surface area contributed by atoms with Gasteiger partial charge in [-0.3, -0.25) is 14.2 Å². The van der Waals surface area contributed by atoms with E-state index in [9.17, 15) is 20.0 Å². The van der Waals surface area contributed by atoms with Crippen molar-refractivity contribution in [1.82, 2.24) is 4.57 Å². The fourth-order valence-electron chi connectivity index (χ4n) is 3.06. The number of carbonyl (C=O) groups excluding carboxylic acids is 1. The number of hydrogen-bond acceptors (Lipinski definition) is 4. The number of unbranched alkanes of at least 4 members (excludes halogenated alkanes) is 3. The fourth-order valence-corrected chi connectivity index (χ4v) is 3.19. The predicted molar refractivity (Wildman–Crippen MR) is 105 cm³/mol. The van der Waals surface area contributed by atoms with E-state index >= 15 is 0 Å². The quantitative estimate of drug-likeness (QED) is 0.538. The minimum atomic E-state index is -0.549. The molecule has 6 heteroatoms. The topological polar surface area (TPSA) is 83.1 Å². The van der Waals surface area contributed by atoms with Gasteiger partial charge < -0.3 is 5.11 Å². The van der Waals surface area contributed by atoms with E-state index < -0.39 is 5.56 Å². The van der Waals surface area contributed by atoms with E-state index in [1.54, 1.807) is 24.3 Å². The number of pyridine rings is 1. The SMILES string of the molecule is CCCCCCn1c(O)c(C(=O)Cc2ccc(Cl)cc2)c(C)c(C#N)c1=O. The van der Waals surface area contributed by atoms with Gasteiger partial charge in [0.2, 0.25) is 5.88 Å². The zero-order valence-electron chi connectivity index (χ0n) is 15.6. The number of nitriles is 1. The third kappa shape index (κ3) is 4.78. The lowest BCUT2D eigenvalue weighted by molar-refractivity contribution is 0.0988. The van der Waals surface area contributed by atoms with E-state index in [1.807, 2.05) is 6.07 Å². The summed E-state index contributed by atoms with van der Waals surface area (Å²) >= 11 is 5.87. The molecule has 0 aliphatic rings. The molecule has 1 N–H and O–H groups in total. The van der Waals surface area contributed by atoms with Crippen molar-refractivity contribution in [2.45, 2.75) is 52.5 Å². The highest BCUT2D eigenvalue weighted by atomic mass is 35.5. The predicted octanol–water partition coefficient (Wildman–Crippen LogP) is 4.39. The number of Topliss-reactive ketones (excluding diaryl/α,β-unsaturated/α-hetero) is 1. The molecule has 1 aromatic carbocycles. The molecular formula is C21H23ClN2O3. The molecule has 0 aliphatic heterocycles. The molecule has 0 aliphatic carbocycles. The molecule has 27 heavy (non-hydrogen) atoms. The number of nitrogens with zero attached hydrogens (tertiary/aromatic N) is 2. The van der Waals surface area contributed by atoms with E-state index in [2.05, 4.69) is 6.92 Å². The Hall–Kier alpha value is -2.58. The van der Waals surface area contributed by atoms with Gasteiger partial charge in [-0.1, -0.05) is 49.9 Å². The lowest BCUT2D eigenvalue weighted by Crippen LogP contribution is -2.27. The third-order valence-corrected chi connectivity index (χ3v) is 4.84. The van der Waals surface area contributed by atoms with Crippen LogP contribution in [0, 0.1) is 18.3 Å². The summed E-state index contributed by atoms with van der Waals surface area (Å²) in [6, 6.07) is 8.73. The molecule has 0 fully saturated rings. The van der Waals surface area contributed by atoms with Crippen LogP contribution in [0.3, 0.4) is 0 Å². The first-order valence-electron chi connectivity index (χ1n) is 9.04. The summed E-state index contributed by atoms with van der Waals surface area (Å²) in [7, 11) is 0. The molecule has 5 nitrogen and oxygen atoms in total. The van der Waals surface area contributed by atoms with Gasteiger partial charge in [-0.05, 0) is 36.6 Å². The second-order valence-electron chi connectivity index (χ2n) is 6.55. The van der Waals surface area contributed by atoms with Crippen molar-refractivity contribution in [3.05, 3.63) is 61.9 Å². The van der Waals surface area contributed by atoms with Crippen LogP contribution >= 0.6 is 11.6 Å². The standard InChI is InChI=1S/C21H23ClN2O3/c1-3-4-5-6-11-24-20(26)17(13-23)14(2)19(21(24)27)18(25)12-15-7-9-16(22)10-8-15/h7-10,27H,3-6,11-12H2,1-2H3. The molecule has 0 atom stereocenters. The van der Waals surface area contributed by atoms with Gasteiger partial charge in [0.05, 0.1) is 5.56 Å². The highest BCUT2D eigenvalue weighted by Crippen LogP contribution is 2.24. The molecule has 1 heterocycles. The summed E-state index contributed by atoms with van der Waals surface area (Å²) in [5.74, 6) is -0.696. The summed E-state index contributed by atoms with van der Waals surface area (Å²) in [6.45, 7) is 3.88. The number of halogens is 1. The van der Waals surface area contributed by atoms with Gasteiger partial charge >= 0.3 is 0 Å². The molecule has 142 valence electrons. The van der Waals surface area contributed by atoms with Crippen LogP contribution in [0.25, 0.3) is 0 Å². The smallest absolute Gasteiger partial charge is 0.271 e. The van der Waals surface area contributed by atoms with E-state index in [1.165, 1.54) is 6.92 Å². The zero-order valence-corrected chi connectivity index (χ0v) is 16.3. The first kappa shape index (κ1) is 20.7. The molecule has 0 bridgehead atoms. The monoisotopic (exact) mass is 386 g/mol. The summed E-state index contributed by atoms with van der Waals surface area (Å²) in [5, 5.41) is 20.6. The molecular weight excluding hydrogens is 364 g/mol. The average Bonchev–Trinajstić information content (AvgIpc) is 2.63.